The lowest BCUT2D eigenvalue weighted by Crippen LogP contribution is -2.32. The van der Waals surface area contributed by atoms with Crippen LogP contribution < -0.4 is 29.3 Å². The predicted molar refractivity (Wildman–Crippen MR) is 159 cm³/mol. The van der Waals surface area contributed by atoms with Crippen LogP contribution in [0.5, 0.6) is 17.2 Å². The van der Waals surface area contributed by atoms with Crippen LogP contribution in [0.3, 0.4) is 0 Å². The average Bonchev–Trinajstić information content (AvgIpc) is 3.51. The monoisotopic (exact) mass is 621 g/mol. The number of nitrogens with one attached hydrogen (secondary N) is 2. The maximum atomic E-state index is 13.9. The molecule has 2 aliphatic heterocycles. The molecule has 0 saturated carbocycles. The maximum absolute atomic E-state index is 13.9. The molecule has 1 saturated heterocycles. The van der Waals surface area contributed by atoms with E-state index in [-0.39, 0.29) is 29.0 Å². The van der Waals surface area contributed by atoms with Gasteiger partial charge >= 0.3 is 4.87 Å². The summed E-state index contributed by atoms with van der Waals surface area (Å²) in [6, 6.07) is 17.1. The molecule has 0 radical (unpaired) electrons. The summed E-state index contributed by atoms with van der Waals surface area (Å²) < 4.78 is 29.6. The number of nitrogens with zero attached hydrogens (tertiary/aromatic N) is 1. The Morgan fingerprint density at radius 2 is 1.70 bits per heavy atom. The van der Waals surface area contributed by atoms with Crippen molar-refractivity contribution in [2.45, 2.75) is 16.2 Å². The van der Waals surface area contributed by atoms with E-state index in [1.807, 2.05) is 0 Å². The molecule has 10 nitrogen and oxygen atoms in total. The van der Waals surface area contributed by atoms with Crippen molar-refractivity contribution in [3.8, 4) is 17.2 Å². The Balaban J connectivity index is 1.29. The first-order chi connectivity index (χ1) is 20.8. The highest BCUT2D eigenvalue weighted by Crippen LogP contribution is 2.53. The highest BCUT2D eigenvalue weighted by molar-refractivity contribution is 8.00. The molecule has 6 rings (SSSR count). The number of benzene rings is 3. The van der Waals surface area contributed by atoms with Crippen molar-refractivity contribution in [1.29, 1.82) is 0 Å². The van der Waals surface area contributed by atoms with E-state index in [1.165, 1.54) is 55.1 Å². The summed E-state index contributed by atoms with van der Waals surface area (Å²) in [5, 5.41) is 2.42. The summed E-state index contributed by atoms with van der Waals surface area (Å²) in [4.78, 5) is 56.8. The standard InChI is InChI=1S/C30H24FN3O7S2/c1-39-19-10-8-18(9-11-19)34-28(36)24-23(25-27(33-30(38)43-25)42-26(24)29(34)37)15-3-12-20(21(13-15)40-2)41-14-22(35)32-17-6-4-16(31)5-7-17/h3-13,23-24,26H,14H2,1-2H3,(H,32,35)(H,33,38)/t23-,24?,26?/m1/s1. The molecule has 2 unspecified atom stereocenters. The van der Waals surface area contributed by atoms with Crippen LogP contribution in [0.25, 0.3) is 0 Å². The molecule has 0 bridgehead atoms. The number of rotatable bonds is 8. The van der Waals surface area contributed by atoms with Gasteiger partial charge in [0.1, 0.15) is 16.8 Å². The van der Waals surface area contributed by atoms with Crippen molar-refractivity contribution in [1.82, 2.24) is 4.98 Å². The summed E-state index contributed by atoms with van der Waals surface area (Å²) in [7, 11) is 2.98. The van der Waals surface area contributed by atoms with Crippen LogP contribution in [0.1, 0.15) is 16.4 Å². The number of aromatic amines is 1. The van der Waals surface area contributed by atoms with E-state index >= 15 is 0 Å². The second-order valence-electron chi connectivity index (χ2n) is 9.71. The normalized spacial score (nSPS) is 19.0. The van der Waals surface area contributed by atoms with Gasteiger partial charge in [0.25, 0.3) is 5.91 Å². The number of amides is 3. The van der Waals surface area contributed by atoms with Gasteiger partial charge in [-0.05, 0) is 66.2 Å². The Kier molecular flexibility index (Phi) is 7.67. The molecule has 2 N–H and O–H groups in total. The van der Waals surface area contributed by atoms with E-state index in [2.05, 4.69) is 10.3 Å². The van der Waals surface area contributed by atoms with Crippen molar-refractivity contribution < 1.29 is 33.0 Å². The molecule has 3 heterocycles. The average molecular weight is 622 g/mol. The number of hydrogen-bond donors (Lipinski definition) is 2. The zero-order chi connectivity index (χ0) is 30.2. The number of aromatic nitrogens is 1. The summed E-state index contributed by atoms with van der Waals surface area (Å²) in [6.45, 7) is -0.342. The van der Waals surface area contributed by atoms with Crippen molar-refractivity contribution in [3.05, 3.63) is 92.7 Å². The summed E-state index contributed by atoms with van der Waals surface area (Å²) in [5.41, 5.74) is 1.49. The van der Waals surface area contributed by atoms with Crippen LogP contribution in [-0.2, 0) is 14.4 Å². The zero-order valence-electron chi connectivity index (χ0n) is 22.8. The largest absolute Gasteiger partial charge is 0.497 e. The van der Waals surface area contributed by atoms with Crippen LogP contribution >= 0.6 is 23.1 Å². The molecule has 220 valence electrons. The second kappa shape index (κ2) is 11.6. The number of methoxy groups -OCH3 is 2. The summed E-state index contributed by atoms with van der Waals surface area (Å²) in [6.07, 6.45) is 0. The van der Waals surface area contributed by atoms with Crippen molar-refractivity contribution in [2.24, 2.45) is 5.92 Å². The number of thioether (sulfide) groups is 1. The molecule has 1 aromatic heterocycles. The van der Waals surface area contributed by atoms with E-state index in [9.17, 15) is 23.6 Å². The number of fused-ring (bicyclic) bond motifs is 2. The van der Waals surface area contributed by atoms with E-state index in [1.54, 1.807) is 42.5 Å². The lowest BCUT2D eigenvalue weighted by Gasteiger charge is -2.30. The molecule has 0 spiro atoms. The van der Waals surface area contributed by atoms with Crippen LogP contribution in [0.15, 0.2) is 76.6 Å². The van der Waals surface area contributed by atoms with Gasteiger partial charge in [-0.2, -0.15) is 0 Å². The van der Waals surface area contributed by atoms with Gasteiger partial charge in [0.05, 0.1) is 30.9 Å². The topological polar surface area (TPSA) is 127 Å². The Hall–Kier alpha value is -4.62. The van der Waals surface area contributed by atoms with Gasteiger partial charge in [0.15, 0.2) is 18.1 Å². The van der Waals surface area contributed by atoms with Crippen LogP contribution in [0.4, 0.5) is 15.8 Å². The molecule has 4 aromatic rings. The van der Waals surface area contributed by atoms with Gasteiger partial charge in [0.2, 0.25) is 11.8 Å². The number of halogens is 1. The molecule has 2 aliphatic rings. The first kappa shape index (κ1) is 28.5. The van der Waals surface area contributed by atoms with Crippen LogP contribution in [-0.4, -0.2) is 48.8 Å². The summed E-state index contributed by atoms with van der Waals surface area (Å²) >= 11 is 2.19. The Labute approximate surface area is 252 Å². The zero-order valence-corrected chi connectivity index (χ0v) is 24.4. The van der Waals surface area contributed by atoms with Crippen LogP contribution in [0.2, 0.25) is 0 Å². The minimum Gasteiger partial charge on any atom is -0.497 e. The molecule has 3 aromatic carbocycles. The van der Waals surface area contributed by atoms with Gasteiger partial charge in [-0.25, -0.2) is 9.29 Å². The van der Waals surface area contributed by atoms with E-state index < -0.39 is 28.8 Å². The van der Waals surface area contributed by atoms with E-state index in [4.69, 9.17) is 14.2 Å². The molecule has 3 atom stereocenters. The van der Waals surface area contributed by atoms with Crippen LogP contribution in [0, 0.1) is 11.7 Å². The first-order valence-electron chi connectivity index (χ1n) is 13.0. The maximum Gasteiger partial charge on any atom is 0.305 e. The molecule has 1 fully saturated rings. The van der Waals surface area contributed by atoms with Crippen molar-refractivity contribution >= 4 is 52.2 Å². The molecule has 13 heteroatoms. The van der Waals surface area contributed by atoms with Gasteiger partial charge < -0.3 is 24.5 Å². The van der Waals surface area contributed by atoms with Crippen molar-refractivity contribution in [2.75, 3.05) is 31.0 Å². The number of thiazole rings is 1. The fraction of sp³-hybridized carbons (Fsp3) is 0.200. The smallest absolute Gasteiger partial charge is 0.305 e. The van der Waals surface area contributed by atoms with Crippen molar-refractivity contribution in [3.63, 3.8) is 0 Å². The number of ether oxygens (including phenoxy) is 3. The van der Waals surface area contributed by atoms with E-state index in [0.29, 0.717) is 38.3 Å². The highest BCUT2D eigenvalue weighted by Gasteiger charge is 2.56. The number of hydrogen-bond acceptors (Lipinski definition) is 9. The van der Waals surface area contributed by atoms with E-state index in [0.717, 1.165) is 11.3 Å². The number of carbonyl (C=O) groups is 3. The fourth-order valence-corrected chi connectivity index (χ4v) is 7.75. The highest BCUT2D eigenvalue weighted by atomic mass is 32.2. The van der Waals surface area contributed by atoms with Gasteiger partial charge in [-0.15, -0.1) is 0 Å². The number of carbonyl (C=O) groups excluding carboxylic acids is 3. The number of H-pyrrole nitrogens is 1. The lowest BCUT2D eigenvalue weighted by molar-refractivity contribution is -0.122. The SMILES string of the molecule is COc1ccc(N2C(=O)C3Sc4[nH]c(=O)sc4[C@H](c4ccc(OCC(=O)Nc5ccc(F)cc5)c(OC)c4)C3C2=O)cc1. The third-order valence-electron chi connectivity index (χ3n) is 7.19. The molecular weight excluding hydrogens is 597 g/mol. The number of imide groups is 1. The fourth-order valence-electron chi connectivity index (χ4n) is 5.23. The Bertz CT molecular complexity index is 1770. The summed E-state index contributed by atoms with van der Waals surface area (Å²) in [5.74, 6) is -1.85. The van der Waals surface area contributed by atoms with Gasteiger partial charge in [0, 0.05) is 16.5 Å². The minimum atomic E-state index is -0.781. The second-order valence-corrected chi connectivity index (χ2v) is 11.9. The number of anilines is 2. The predicted octanol–water partition coefficient (Wildman–Crippen LogP) is 4.41. The first-order valence-corrected chi connectivity index (χ1v) is 14.7. The van der Waals surface area contributed by atoms with Gasteiger partial charge in [-0.3, -0.25) is 19.2 Å². The van der Waals surface area contributed by atoms with Gasteiger partial charge in [-0.1, -0.05) is 29.2 Å². The Morgan fingerprint density at radius 3 is 2.40 bits per heavy atom. The lowest BCUT2D eigenvalue weighted by atomic mass is 9.83. The third-order valence-corrected chi connectivity index (χ3v) is 9.59. The minimum absolute atomic E-state index is 0.276. The molecule has 3 amide bonds. The molecular formula is C30H24FN3O7S2. The quantitative estimate of drug-likeness (QED) is 0.277. The molecule has 0 aliphatic carbocycles. The third kappa shape index (κ3) is 5.37. The molecule has 43 heavy (non-hydrogen) atoms. The Morgan fingerprint density at radius 1 is 0.953 bits per heavy atom.